The Morgan fingerprint density at radius 1 is 0.811 bits per heavy atom. The minimum absolute atomic E-state index is 0.132. The Morgan fingerprint density at radius 3 is 2.04 bits per heavy atom. The van der Waals surface area contributed by atoms with Gasteiger partial charge in [0, 0.05) is 6.54 Å². The zero-order valence-corrected chi connectivity index (χ0v) is 30.1. The summed E-state index contributed by atoms with van der Waals surface area (Å²) in [5.74, 6) is -7.14. The van der Waals surface area contributed by atoms with Crippen LogP contribution in [0.4, 0.5) is 0 Å². The summed E-state index contributed by atoms with van der Waals surface area (Å²) >= 11 is 0. The van der Waals surface area contributed by atoms with Gasteiger partial charge >= 0.3 is 0 Å². The Bertz CT molecular complexity index is 1520. The van der Waals surface area contributed by atoms with E-state index in [1.807, 2.05) is 18.2 Å². The van der Waals surface area contributed by atoms with Gasteiger partial charge in [-0.1, -0.05) is 44.2 Å². The first-order valence-corrected chi connectivity index (χ1v) is 17.1. The molecule has 19 heteroatoms. The number of benzene rings is 1. The highest BCUT2D eigenvalue weighted by molar-refractivity contribution is 6.02. The fraction of sp³-hybridized carbons (Fsp3) is 0.529. The molecule has 0 radical (unpaired) electrons. The van der Waals surface area contributed by atoms with E-state index in [2.05, 4.69) is 31.9 Å². The number of nitrogens with one attached hydrogen (secondary N) is 6. The number of aldehydes is 2. The number of amides is 8. The maximum atomic E-state index is 13.1. The molecule has 1 aromatic rings. The second-order valence-electron chi connectivity index (χ2n) is 13.0. The average molecular weight is 744 g/mol. The number of nitrogens with two attached hydrogens (primary N) is 2. The predicted octanol–water partition coefficient (Wildman–Crippen LogP) is -3.94. The molecule has 10 N–H and O–H groups in total. The van der Waals surface area contributed by atoms with Gasteiger partial charge in [0.2, 0.25) is 47.3 Å². The quantitative estimate of drug-likeness (QED) is 0.0471. The summed E-state index contributed by atoms with van der Waals surface area (Å²) in [4.78, 5) is 126. The molecule has 0 unspecified atom stereocenters. The van der Waals surface area contributed by atoms with E-state index in [4.69, 9.17) is 11.5 Å². The maximum absolute atomic E-state index is 13.1. The number of hydrogen-bond donors (Lipinski definition) is 8. The van der Waals surface area contributed by atoms with Crippen LogP contribution >= 0.6 is 0 Å². The number of carbonyl (C=O) groups is 10. The molecule has 1 fully saturated rings. The molecule has 1 aromatic carbocycles. The summed E-state index contributed by atoms with van der Waals surface area (Å²) in [6.07, 6.45) is 1.26. The van der Waals surface area contributed by atoms with Crippen molar-refractivity contribution in [1.82, 2.24) is 36.8 Å². The lowest BCUT2D eigenvalue weighted by Gasteiger charge is -2.26. The predicted molar refractivity (Wildman–Crippen MR) is 188 cm³/mol. The van der Waals surface area contributed by atoms with Crippen LogP contribution in [0.5, 0.6) is 0 Å². The van der Waals surface area contributed by atoms with Gasteiger partial charge in [0.25, 0.3) is 0 Å². The van der Waals surface area contributed by atoms with Gasteiger partial charge in [0.15, 0.2) is 12.3 Å². The van der Waals surface area contributed by atoms with Gasteiger partial charge in [0.1, 0.15) is 30.5 Å². The number of nitrogens with zero attached hydrogens (tertiary/aromatic N) is 1. The highest BCUT2D eigenvalue weighted by atomic mass is 16.2. The smallest absolute Gasteiger partial charge is 0.250 e. The normalized spacial score (nSPS) is 17.1. The number of primary amides is 1. The fourth-order valence-corrected chi connectivity index (χ4v) is 5.30. The van der Waals surface area contributed by atoms with Crippen molar-refractivity contribution in [2.24, 2.45) is 17.4 Å². The second kappa shape index (κ2) is 21.0. The molecular formula is C34H49N9O10. The minimum Gasteiger partial charge on any atom is -0.370 e. The molecule has 1 aliphatic heterocycles. The van der Waals surface area contributed by atoms with Crippen LogP contribution in [0.2, 0.25) is 0 Å². The molecule has 0 bridgehead atoms. The summed E-state index contributed by atoms with van der Waals surface area (Å²) in [5, 5.41) is 14.2. The molecule has 7 atom stereocenters. The van der Waals surface area contributed by atoms with E-state index in [-0.39, 0.29) is 19.3 Å². The number of rotatable bonds is 20. The van der Waals surface area contributed by atoms with E-state index < -0.39 is 108 Å². The first-order valence-electron chi connectivity index (χ1n) is 17.1. The summed E-state index contributed by atoms with van der Waals surface area (Å²) in [6, 6.07) is 0.552. The topological polar surface area (TPSA) is 298 Å². The Labute approximate surface area is 306 Å². The number of hydrogen-bond acceptors (Lipinski definition) is 11. The first-order chi connectivity index (χ1) is 25.0. The highest BCUT2D eigenvalue weighted by Gasteiger charge is 2.36. The lowest BCUT2D eigenvalue weighted by molar-refractivity contribution is -0.140. The van der Waals surface area contributed by atoms with E-state index in [1.54, 1.807) is 26.0 Å². The first kappa shape index (κ1) is 43.4. The van der Waals surface area contributed by atoms with Gasteiger partial charge in [-0.15, -0.1) is 0 Å². The lowest BCUT2D eigenvalue weighted by atomic mass is 10.0. The molecule has 0 saturated carbocycles. The summed E-state index contributed by atoms with van der Waals surface area (Å²) in [7, 11) is 0. The van der Waals surface area contributed by atoms with Crippen molar-refractivity contribution in [2.75, 3.05) is 13.1 Å². The molecule has 1 heterocycles. The zero-order chi connectivity index (χ0) is 39.8. The van der Waals surface area contributed by atoms with E-state index in [0.29, 0.717) is 19.1 Å². The van der Waals surface area contributed by atoms with Crippen LogP contribution < -0.4 is 43.4 Å². The highest BCUT2D eigenvalue weighted by Crippen LogP contribution is 2.18. The molecule has 8 amide bonds. The fourth-order valence-electron chi connectivity index (χ4n) is 5.30. The third-order valence-corrected chi connectivity index (χ3v) is 8.25. The maximum Gasteiger partial charge on any atom is 0.250 e. The van der Waals surface area contributed by atoms with Crippen LogP contribution in [-0.2, 0) is 54.4 Å². The molecule has 0 aliphatic carbocycles. The largest absolute Gasteiger partial charge is 0.370 e. The van der Waals surface area contributed by atoms with Crippen molar-refractivity contribution >= 4 is 59.8 Å². The van der Waals surface area contributed by atoms with Crippen LogP contribution in [0.1, 0.15) is 52.5 Å². The molecular weight excluding hydrogens is 694 g/mol. The Hall–Kier alpha value is -5.72. The van der Waals surface area contributed by atoms with Crippen molar-refractivity contribution in [2.45, 2.75) is 95.7 Å². The SMILES string of the molecule is CC(C)[C@H](NC(=O)[C@H](C)NC(=O)[C@H](CC(N)=O)NC(=O)[C@H](C)N)C(=O)N[C@@H](C=O)C(=O)NCC(=O)N1CCC[C@H]1C(=O)N[C@H](C=O)Cc1ccccc1. The minimum atomic E-state index is -1.77. The molecule has 53 heavy (non-hydrogen) atoms. The third-order valence-electron chi connectivity index (χ3n) is 8.25. The Balaban J connectivity index is 1.97. The summed E-state index contributed by atoms with van der Waals surface area (Å²) in [5.41, 5.74) is 11.5. The van der Waals surface area contributed by atoms with Crippen LogP contribution in [0, 0.1) is 5.92 Å². The van der Waals surface area contributed by atoms with Crippen molar-refractivity contribution in [3.05, 3.63) is 35.9 Å². The van der Waals surface area contributed by atoms with Crippen LogP contribution in [-0.4, -0.2) is 120 Å². The van der Waals surface area contributed by atoms with Crippen LogP contribution in [0.15, 0.2) is 30.3 Å². The molecule has 19 nitrogen and oxygen atoms in total. The molecule has 0 spiro atoms. The third kappa shape index (κ3) is 13.7. The molecule has 2 rings (SSSR count). The van der Waals surface area contributed by atoms with Gasteiger partial charge in [-0.2, -0.15) is 0 Å². The Morgan fingerprint density at radius 2 is 1.47 bits per heavy atom. The zero-order valence-electron chi connectivity index (χ0n) is 30.1. The van der Waals surface area contributed by atoms with E-state index in [9.17, 15) is 47.9 Å². The second-order valence-corrected chi connectivity index (χ2v) is 13.0. The molecule has 1 saturated heterocycles. The monoisotopic (exact) mass is 743 g/mol. The van der Waals surface area contributed by atoms with Crippen molar-refractivity contribution in [1.29, 1.82) is 0 Å². The standard InChI is InChI=1S/C34H49N9O10/c1-18(2)28(42-30(49)20(4)38-32(51)23(14-26(36)46)40-29(48)19(3)35)34(53)41-24(17-45)31(50)37-15-27(47)43-12-8-11-25(43)33(52)39-22(16-44)13-21-9-6-5-7-10-21/h5-7,9-10,16-20,22-25,28H,8,11-15,35H2,1-4H3,(H2,36,46)(H,37,50)(H,38,51)(H,39,52)(H,40,48)(H,41,53)(H,42,49)/t19-,20-,22-,23-,24-,25-,28-/m0/s1. The van der Waals surface area contributed by atoms with Crippen molar-refractivity contribution in [3.8, 4) is 0 Å². The molecule has 0 aromatic heterocycles. The van der Waals surface area contributed by atoms with Gasteiger partial charge in [-0.3, -0.25) is 38.4 Å². The molecule has 290 valence electrons. The summed E-state index contributed by atoms with van der Waals surface area (Å²) < 4.78 is 0. The van der Waals surface area contributed by atoms with Gasteiger partial charge < -0.3 is 57.9 Å². The number of carbonyl (C=O) groups excluding carboxylic acids is 10. The van der Waals surface area contributed by atoms with E-state index in [1.165, 1.54) is 18.7 Å². The van der Waals surface area contributed by atoms with Gasteiger partial charge in [-0.25, -0.2) is 0 Å². The van der Waals surface area contributed by atoms with Crippen LogP contribution in [0.25, 0.3) is 0 Å². The van der Waals surface area contributed by atoms with E-state index >= 15 is 0 Å². The van der Waals surface area contributed by atoms with Gasteiger partial charge in [-0.05, 0) is 44.6 Å². The average Bonchev–Trinajstić information content (AvgIpc) is 3.61. The molecule has 1 aliphatic rings. The van der Waals surface area contributed by atoms with Crippen LogP contribution in [0.3, 0.4) is 0 Å². The van der Waals surface area contributed by atoms with Crippen molar-refractivity contribution in [3.63, 3.8) is 0 Å². The summed E-state index contributed by atoms with van der Waals surface area (Å²) in [6.45, 7) is 5.37. The van der Waals surface area contributed by atoms with Crippen molar-refractivity contribution < 1.29 is 47.9 Å². The number of likely N-dealkylation sites (tertiary alicyclic amines) is 1. The van der Waals surface area contributed by atoms with Gasteiger partial charge in [0.05, 0.1) is 25.0 Å². The lowest BCUT2D eigenvalue weighted by Crippen LogP contribution is -2.60. The van der Waals surface area contributed by atoms with E-state index in [0.717, 1.165) is 5.56 Å². The Kier molecular flexibility index (Phi) is 17.2.